The Balaban J connectivity index is 1.63. The van der Waals surface area contributed by atoms with E-state index in [0.29, 0.717) is 13.2 Å². The van der Waals surface area contributed by atoms with Crippen LogP contribution in [-0.2, 0) is 11.3 Å². The number of carbonyl (C=O) groups is 1. The first-order valence-electron chi connectivity index (χ1n) is 7.47. The molecule has 1 unspecified atom stereocenters. The first-order valence-corrected chi connectivity index (χ1v) is 8.51. The van der Waals surface area contributed by atoms with Crippen molar-refractivity contribution < 1.29 is 13.9 Å². The van der Waals surface area contributed by atoms with Crippen molar-refractivity contribution in [2.75, 3.05) is 12.4 Å². The Kier molecular flexibility index (Phi) is 6.94. The van der Waals surface area contributed by atoms with Gasteiger partial charge in [-0.1, -0.05) is 30.3 Å². The van der Waals surface area contributed by atoms with Gasteiger partial charge in [0, 0.05) is 12.3 Å². The number of benzene rings is 2. The average molecular weight is 333 g/mol. The molecule has 0 aromatic heterocycles. The van der Waals surface area contributed by atoms with Gasteiger partial charge in [-0.05, 0) is 36.8 Å². The summed E-state index contributed by atoms with van der Waals surface area (Å²) in [5.74, 6) is 1.27. The first-order chi connectivity index (χ1) is 11.1. The molecule has 0 bridgehead atoms. The zero-order chi connectivity index (χ0) is 16.5. The highest BCUT2D eigenvalue weighted by molar-refractivity contribution is 8.00. The zero-order valence-corrected chi connectivity index (χ0v) is 13.8. The van der Waals surface area contributed by atoms with Crippen molar-refractivity contribution in [1.29, 1.82) is 0 Å². The molecule has 23 heavy (non-hydrogen) atoms. The molecule has 2 aromatic rings. The van der Waals surface area contributed by atoms with Crippen LogP contribution in [0.5, 0.6) is 5.75 Å². The molecule has 122 valence electrons. The largest absolute Gasteiger partial charge is 0.493 e. The van der Waals surface area contributed by atoms with Gasteiger partial charge in [0.25, 0.3) is 0 Å². The number of thioether (sulfide) groups is 1. The van der Waals surface area contributed by atoms with Crippen LogP contribution in [0.3, 0.4) is 0 Å². The minimum Gasteiger partial charge on any atom is -0.493 e. The van der Waals surface area contributed by atoms with E-state index >= 15 is 0 Å². The molecule has 1 atom stereocenters. The lowest BCUT2D eigenvalue weighted by Gasteiger charge is -2.12. The summed E-state index contributed by atoms with van der Waals surface area (Å²) < 4.78 is 18.4. The summed E-state index contributed by atoms with van der Waals surface area (Å²) in [7, 11) is 0. The minimum atomic E-state index is -0.276. The fourth-order valence-corrected chi connectivity index (χ4v) is 2.68. The second-order valence-electron chi connectivity index (χ2n) is 5.02. The van der Waals surface area contributed by atoms with Crippen molar-refractivity contribution in [2.24, 2.45) is 0 Å². The summed E-state index contributed by atoms with van der Waals surface area (Å²) in [6.07, 6.45) is 0. The Labute approximate surface area is 140 Å². The Hall–Kier alpha value is -2.01. The van der Waals surface area contributed by atoms with E-state index in [9.17, 15) is 9.18 Å². The molecule has 2 aromatic carbocycles. The van der Waals surface area contributed by atoms with E-state index in [4.69, 9.17) is 4.74 Å². The van der Waals surface area contributed by atoms with Gasteiger partial charge >= 0.3 is 0 Å². The predicted octanol–water partition coefficient (Wildman–Crippen LogP) is 3.64. The summed E-state index contributed by atoms with van der Waals surface area (Å²) in [5, 5.41) is 2.70. The van der Waals surface area contributed by atoms with Gasteiger partial charge in [0.05, 0.1) is 11.9 Å². The normalized spacial score (nSPS) is 11.7. The van der Waals surface area contributed by atoms with E-state index in [1.54, 1.807) is 23.9 Å². The van der Waals surface area contributed by atoms with Crippen molar-refractivity contribution in [3.05, 3.63) is 66.0 Å². The monoisotopic (exact) mass is 333 g/mol. The van der Waals surface area contributed by atoms with Gasteiger partial charge in [0.2, 0.25) is 5.91 Å². The van der Waals surface area contributed by atoms with Crippen LogP contribution in [0.25, 0.3) is 0 Å². The van der Waals surface area contributed by atoms with Gasteiger partial charge in [-0.2, -0.15) is 0 Å². The lowest BCUT2D eigenvalue weighted by Crippen LogP contribution is -2.30. The summed E-state index contributed by atoms with van der Waals surface area (Å²) >= 11 is 1.54. The highest BCUT2D eigenvalue weighted by Crippen LogP contribution is 2.13. The van der Waals surface area contributed by atoms with Crippen molar-refractivity contribution >= 4 is 17.7 Å². The molecule has 0 aliphatic heterocycles. The molecular weight excluding hydrogens is 313 g/mol. The van der Waals surface area contributed by atoms with Crippen molar-refractivity contribution in [1.82, 2.24) is 5.32 Å². The molecule has 0 spiro atoms. The number of hydrogen-bond donors (Lipinski definition) is 1. The molecule has 3 nitrogen and oxygen atoms in total. The van der Waals surface area contributed by atoms with Gasteiger partial charge in [-0.25, -0.2) is 4.39 Å². The summed E-state index contributed by atoms with van der Waals surface area (Å²) in [5.41, 5.74) is 0.879. The lowest BCUT2D eigenvalue weighted by molar-refractivity contribution is -0.120. The van der Waals surface area contributed by atoms with Crippen LogP contribution in [0, 0.1) is 5.82 Å². The fourth-order valence-electron chi connectivity index (χ4n) is 1.91. The van der Waals surface area contributed by atoms with E-state index in [1.165, 1.54) is 12.1 Å². The van der Waals surface area contributed by atoms with Crippen LogP contribution in [0.1, 0.15) is 12.5 Å². The Bertz CT molecular complexity index is 604. The molecule has 0 radical (unpaired) electrons. The standard InChI is InChI=1S/C18H20FNO2S/c1-14(23-12-11-22-17-5-3-2-4-6-17)18(21)20-13-15-7-9-16(19)10-8-15/h2-10,14H,11-13H2,1H3,(H,20,21). The molecule has 0 fully saturated rings. The quantitative estimate of drug-likeness (QED) is 0.750. The second kappa shape index (κ2) is 9.20. The van der Waals surface area contributed by atoms with Gasteiger partial charge in [0.15, 0.2) is 0 Å². The van der Waals surface area contributed by atoms with Gasteiger partial charge in [-0.3, -0.25) is 4.79 Å². The smallest absolute Gasteiger partial charge is 0.233 e. The number of amides is 1. The first kappa shape index (κ1) is 17.3. The number of nitrogens with one attached hydrogen (secondary N) is 1. The van der Waals surface area contributed by atoms with Crippen LogP contribution >= 0.6 is 11.8 Å². The number of ether oxygens (including phenoxy) is 1. The van der Waals surface area contributed by atoms with Crippen LogP contribution in [0.15, 0.2) is 54.6 Å². The lowest BCUT2D eigenvalue weighted by atomic mass is 10.2. The molecular formula is C18H20FNO2S. The van der Waals surface area contributed by atoms with Gasteiger partial charge in [0.1, 0.15) is 11.6 Å². The highest BCUT2D eigenvalue weighted by Gasteiger charge is 2.12. The van der Waals surface area contributed by atoms with Gasteiger partial charge < -0.3 is 10.1 Å². The van der Waals surface area contributed by atoms with Crippen molar-refractivity contribution in [3.63, 3.8) is 0 Å². The summed E-state index contributed by atoms with van der Waals surface area (Å²) in [6, 6.07) is 15.7. The molecule has 0 aliphatic rings. The molecule has 2 rings (SSSR count). The van der Waals surface area contributed by atoms with E-state index in [0.717, 1.165) is 17.1 Å². The van der Waals surface area contributed by atoms with E-state index in [1.807, 2.05) is 37.3 Å². The third-order valence-electron chi connectivity index (χ3n) is 3.21. The topological polar surface area (TPSA) is 38.3 Å². The van der Waals surface area contributed by atoms with Crippen LogP contribution in [0.2, 0.25) is 0 Å². The number of halogens is 1. The number of carbonyl (C=O) groups excluding carboxylic acids is 1. The number of para-hydroxylation sites is 1. The maximum Gasteiger partial charge on any atom is 0.233 e. The molecule has 1 amide bonds. The third kappa shape index (κ3) is 6.32. The molecule has 0 saturated carbocycles. The van der Waals surface area contributed by atoms with Crippen molar-refractivity contribution in [2.45, 2.75) is 18.7 Å². The number of rotatable bonds is 8. The Morgan fingerprint density at radius 3 is 2.57 bits per heavy atom. The molecule has 0 heterocycles. The molecule has 0 aliphatic carbocycles. The maximum absolute atomic E-state index is 12.8. The average Bonchev–Trinajstić information content (AvgIpc) is 2.58. The maximum atomic E-state index is 12.8. The molecule has 5 heteroatoms. The van der Waals surface area contributed by atoms with Gasteiger partial charge in [-0.15, -0.1) is 11.8 Å². The minimum absolute atomic E-state index is 0.0287. The SMILES string of the molecule is CC(SCCOc1ccccc1)C(=O)NCc1ccc(F)cc1. The van der Waals surface area contributed by atoms with E-state index < -0.39 is 0 Å². The van der Waals surface area contributed by atoms with Crippen LogP contribution < -0.4 is 10.1 Å². The number of hydrogen-bond acceptors (Lipinski definition) is 3. The van der Waals surface area contributed by atoms with E-state index in [-0.39, 0.29) is 17.0 Å². The summed E-state index contributed by atoms with van der Waals surface area (Å²) in [6.45, 7) is 2.84. The fraction of sp³-hybridized carbons (Fsp3) is 0.278. The third-order valence-corrected chi connectivity index (χ3v) is 4.33. The highest BCUT2D eigenvalue weighted by atomic mass is 32.2. The summed E-state index contributed by atoms with van der Waals surface area (Å²) in [4.78, 5) is 12.0. The molecule has 0 saturated heterocycles. The predicted molar refractivity (Wildman–Crippen MR) is 92.1 cm³/mol. The molecule has 1 N–H and O–H groups in total. The zero-order valence-electron chi connectivity index (χ0n) is 13.0. The Morgan fingerprint density at radius 2 is 1.87 bits per heavy atom. The second-order valence-corrected chi connectivity index (χ2v) is 6.47. The van der Waals surface area contributed by atoms with E-state index in [2.05, 4.69) is 5.32 Å². The van der Waals surface area contributed by atoms with Crippen molar-refractivity contribution in [3.8, 4) is 5.75 Å². The Morgan fingerprint density at radius 1 is 1.17 bits per heavy atom. The van der Waals surface area contributed by atoms with Crippen LogP contribution in [0.4, 0.5) is 4.39 Å². The van der Waals surface area contributed by atoms with Crippen LogP contribution in [-0.4, -0.2) is 23.5 Å².